The van der Waals surface area contributed by atoms with Crippen molar-refractivity contribution in [3.63, 3.8) is 0 Å². The molecule has 1 amide bonds. The molecular weight excluding hydrogens is 224 g/mol. The molecule has 0 radical (unpaired) electrons. The average Bonchev–Trinajstić information content (AvgIpc) is 2.80. The lowest BCUT2D eigenvalue weighted by Crippen LogP contribution is -2.44. The van der Waals surface area contributed by atoms with Gasteiger partial charge < -0.3 is 11.1 Å². The van der Waals surface area contributed by atoms with E-state index in [1.807, 2.05) is 0 Å². The fourth-order valence-electron chi connectivity index (χ4n) is 3.79. The van der Waals surface area contributed by atoms with E-state index < -0.39 is 0 Å². The molecule has 2 aliphatic carbocycles. The number of nitrogens with two attached hydrogens (primary N) is 1. The summed E-state index contributed by atoms with van der Waals surface area (Å²) in [7, 11) is 0. The zero-order valence-electron chi connectivity index (χ0n) is 11.8. The monoisotopic (exact) mass is 252 g/mol. The Morgan fingerprint density at radius 2 is 1.89 bits per heavy atom. The predicted molar refractivity (Wildman–Crippen MR) is 74.0 cm³/mol. The van der Waals surface area contributed by atoms with Crippen molar-refractivity contribution in [2.24, 2.45) is 23.5 Å². The van der Waals surface area contributed by atoms with Gasteiger partial charge in [-0.2, -0.15) is 0 Å². The van der Waals surface area contributed by atoms with Gasteiger partial charge in [0.2, 0.25) is 5.91 Å². The third kappa shape index (κ3) is 3.47. The van der Waals surface area contributed by atoms with Gasteiger partial charge in [0.1, 0.15) is 0 Å². The minimum absolute atomic E-state index is 0.146. The van der Waals surface area contributed by atoms with Gasteiger partial charge in [-0.05, 0) is 50.9 Å². The van der Waals surface area contributed by atoms with Gasteiger partial charge in [0.25, 0.3) is 0 Å². The standard InChI is InChI=1S/C15H28N2O/c1-10-7-13(9-14(16)8-10)15(18)17-11(2)12-5-3-4-6-12/h10-14H,3-9,16H2,1-2H3,(H,17,18). The molecular formula is C15H28N2O. The van der Waals surface area contributed by atoms with Crippen LogP contribution in [0.3, 0.4) is 0 Å². The molecule has 2 saturated carbocycles. The third-order valence-electron chi connectivity index (χ3n) is 4.83. The van der Waals surface area contributed by atoms with Crippen LogP contribution in [0.5, 0.6) is 0 Å². The molecule has 0 aromatic heterocycles. The number of carbonyl (C=O) groups is 1. The Morgan fingerprint density at radius 1 is 1.22 bits per heavy atom. The normalized spacial score (nSPS) is 35.4. The lowest BCUT2D eigenvalue weighted by molar-refractivity contribution is -0.127. The Labute approximate surface area is 111 Å². The molecule has 0 saturated heterocycles. The molecule has 0 spiro atoms. The average molecular weight is 252 g/mol. The van der Waals surface area contributed by atoms with E-state index in [2.05, 4.69) is 19.2 Å². The molecule has 3 nitrogen and oxygen atoms in total. The van der Waals surface area contributed by atoms with Gasteiger partial charge in [0.15, 0.2) is 0 Å². The number of rotatable bonds is 3. The first-order valence-corrected chi connectivity index (χ1v) is 7.62. The van der Waals surface area contributed by atoms with E-state index in [9.17, 15) is 4.79 Å². The molecule has 0 aromatic carbocycles. The first kappa shape index (κ1) is 13.9. The van der Waals surface area contributed by atoms with Crippen LogP contribution < -0.4 is 11.1 Å². The van der Waals surface area contributed by atoms with Crippen molar-refractivity contribution in [3.05, 3.63) is 0 Å². The van der Waals surface area contributed by atoms with Crippen LogP contribution in [0.1, 0.15) is 58.8 Å². The van der Waals surface area contributed by atoms with E-state index in [0.717, 1.165) is 19.3 Å². The van der Waals surface area contributed by atoms with Gasteiger partial charge in [-0.1, -0.05) is 19.8 Å². The highest BCUT2D eigenvalue weighted by molar-refractivity contribution is 5.79. The molecule has 18 heavy (non-hydrogen) atoms. The Hall–Kier alpha value is -0.570. The molecule has 4 atom stereocenters. The smallest absolute Gasteiger partial charge is 0.223 e. The Morgan fingerprint density at radius 3 is 2.50 bits per heavy atom. The number of nitrogens with one attached hydrogen (secondary N) is 1. The summed E-state index contributed by atoms with van der Waals surface area (Å²) in [5.74, 6) is 1.68. The van der Waals surface area contributed by atoms with Gasteiger partial charge >= 0.3 is 0 Å². The van der Waals surface area contributed by atoms with E-state index in [4.69, 9.17) is 5.73 Å². The summed E-state index contributed by atoms with van der Waals surface area (Å²) < 4.78 is 0. The van der Waals surface area contributed by atoms with Gasteiger partial charge in [-0.25, -0.2) is 0 Å². The first-order chi connectivity index (χ1) is 8.56. The third-order valence-corrected chi connectivity index (χ3v) is 4.83. The van der Waals surface area contributed by atoms with Crippen LogP contribution in [0.15, 0.2) is 0 Å². The van der Waals surface area contributed by atoms with Crippen molar-refractivity contribution in [2.75, 3.05) is 0 Å². The fraction of sp³-hybridized carbons (Fsp3) is 0.933. The lowest BCUT2D eigenvalue weighted by atomic mass is 9.79. The SMILES string of the molecule is CC1CC(N)CC(C(=O)NC(C)C2CCCC2)C1. The van der Waals surface area contributed by atoms with Crippen molar-refractivity contribution in [1.29, 1.82) is 0 Å². The van der Waals surface area contributed by atoms with Gasteiger partial charge in [0.05, 0.1) is 0 Å². The van der Waals surface area contributed by atoms with Crippen LogP contribution in [0.25, 0.3) is 0 Å². The number of amides is 1. The Bertz CT molecular complexity index is 276. The molecule has 2 fully saturated rings. The maximum absolute atomic E-state index is 12.3. The van der Waals surface area contributed by atoms with Crippen LogP contribution in [-0.2, 0) is 4.79 Å². The summed E-state index contributed by atoms with van der Waals surface area (Å²) in [4.78, 5) is 12.3. The van der Waals surface area contributed by atoms with E-state index in [-0.39, 0.29) is 17.9 Å². The van der Waals surface area contributed by atoms with Gasteiger partial charge in [0, 0.05) is 18.0 Å². The van der Waals surface area contributed by atoms with Crippen molar-refractivity contribution in [1.82, 2.24) is 5.32 Å². The second-order valence-electron chi connectivity index (χ2n) is 6.61. The fourth-order valence-corrected chi connectivity index (χ4v) is 3.79. The Balaban J connectivity index is 1.83. The minimum atomic E-state index is 0.146. The van der Waals surface area contributed by atoms with E-state index in [1.54, 1.807) is 0 Å². The van der Waals surface area contributed by atoms with Crippen LogP contribution in [0, 0.1) is 17.8 Å². The highest BCUT2D eigenvalue weighted by Gasteiger charge is 2.31. The van der Waals surface area contributed by atoms with E-state index in [0.29, 0.717) is 17.9 Å². The first-order valence-electron chi connectivity index (χ1n) is 7.62. The molecule has 3 N–H and O–H groups in total. The van der Waals surface area contributed by atoms with Crippen molar-refractivity contribution in [3.8, 4) is 0 Å². The highest BCUT2D eigenvalue weighted by atomic mass is 16.1. The number of hydrogen-bond acceptors (Lipinski definition) is 2. The minimum Gasteiger partial charge on any atom is -0.353 e. The summed E-state index contributed by atoms with van der Waals surface area (Å²) in [6.45, 7) is 4.37. The molecule has 2 aliphatic rings. The molecule has 0 aliphatic heterocycles. The molecule has 0 heterocycles. The van der Waals surface area contributed by atoms with Crippen LogP contribution in [0.2, 0.25) is 0 Å². The highest BCUT2D eigenvalue weighted by Crippen LogP contribution is 2.30. The zero-order valence-corrected chi connectivity index (χ0v) is 11.8. The molecule has 2 rings (SSSR count). The molecule has 4 unspecified atom stereocenters. The van der Waals surface area contributed by atoms with E-state index in [1.165, 1.54) is 25.7 Å². The summed E-state index contributed by atoms with van der Waals surface area (Å²) in [6, 6.07) is 0.555. The van der Waals surface area contributed by atoms with Crippen molar-refractivity contribution < 1.29 is 4.79 Å². The predicted octanol–water partition coefficient (Wildman–Crippen LogP) is 2.44. The molecule has 0 bridgehead atoms. The van der Waals surface area contributed by atoms with E-state index >= 15 is 0 Å². The maximum atomic E-state index is 12.3. The second kappa shape index (κ2) is 6.05. The van der Waals surface area contributed by atoms with Crippen LogP contribution in [0.4, 0.5) is 0 Å². The second-order valence-corrected chi connectivity index (χ2v) is 6.61. The quantitative estimate of drug-likeness (QED) is 0.810. The number of hydrogen-bond donors (Lipinski definition) is 2. The summed E-state index contributed by atoms with van der Waals surface area (Å²) in [5.41, 5.74) is 6.03. The lowest BCUT2D eigenvalue weighted by Gasteiger charge is -2.32. The molecule has 3 heteroatoms. The van der Waals surface area contributed by atoms with Crippen molar-refractivity contribution in [2.45, 2.75) is 70.9 Å². The summed E-state index contributed by atoms with van der Waals surface area (Å²) in [6.07, 6.45) is 8.17. The topological polar surface area (TPSA) is 55.1 Å². The van der Waals surface area contributed by atoms with Gasteiger partial charge in [-0.3, -0.25) is 4.79 Å². The Kier molecular flexibility index (Phi) is 4.66. The summed E-state index contributed by atoms with van der Waals surface area (Å²) >= 11 is 0. The molecule has 0 aromatic rings. The van der Waals surface area contributed by atoms with Crippen molar-refractivity contribution >= 4 is 5.91 Å². The van der Waals surface area contributed by atoms with Gasteiger partial charge in [-0.15, -0.1) is 0 Å². The largest absolute Gasteiger partial charge is 0.353 e. The van der Waals surface area contributed by atoms with Crippen LogP contribution >= 0.6 is 0 Å². The molecule has 104 valence electrons. The van der Waals surface area contributed by atoms with Crippen LogP contribution in [-0.4, -0.2) is 18.0 Å². The number of carbonyl (C=O) groups excluding carboxylic acids is 1. The maximum Gasteiger partial charge on any atom is 0.223 e. The summed E-state index contributed by atoms with van der Waals surface area (Å²) in [5, 5.41) is 3.24. The zero-order chi connectivity index (χ0) is 13.1.